The fourth-order valence-electron chi connectivity index (χ4n) is 3.19. The van der Waals surface area contributed by atoms with Gasteiger partial charge in [-0.15, -0.1) is 0 Å². The molecule has 18 heavy (non-hydrogen) atoms. The SMILES string of the molecule is CC1(C)CC1C(O)CC1CCCN(S(C)(=O)=O)C1. The molecule has 0 spiro atoms. The summed E-state index contributed by atoms with van der Waals surface area (Å²) in [4.78, 5) is 0. The molecule has 1 saturated carbocycles. The maximum absolute atomic E-state index is 11.5. The monoisotopic (exact) mass is 275 g/mol. The first-order chi connectivity index (χ1) is 8.20. The molecule has 5 heteroatoms. The van der Waals surface area contributed by atoms with Crippen molar-refractivity contribution in [3.8, 4) is 0 Å². The number of nitrogens with zero attached hydrogens (tertiary/aromatic N) is 1. The van der Waals surface area contributed by atoms with Gasteiger partial charge in [0.15, 0.2) is 0 Å². The van der Waals surface area contributed by atoms with E-state index >= 15 is 0 Å². The number of piperidine rings is 1. The molecule has 4 nitrogen and oxygen atoms in total. The summed E-state index contributed by atoms with van der Waals surface area (Å²) in [6, 6.07) is 0. The zero-order chi connectivity index (χ0) is 13.6. The smallest absolute Gasteiger partial charge is 0.211 e. The topological polar surface area (TPSA) is 57.6 Å². The molecular formula is C13H25NO3S. The number of hydrogen-bond donors (Lipinski definition) is 1. The quantitative estimate of drug-likeness (QED) is 0.845. The van der Waals surface area contributed by atoms with Gasteiger partial charge in [-0.05, 0) is 42.9 Å². The molecule has 1 N–H and O–H groups in total. The third-order valence-corrected chi connectivity index (χ3v) is 5.85. The Bertz CT molecular complexity index is 404. The zero-order valence-corrected chi connectivity index (χ0v) is 12.4. The Hall–Kier alpha value is -0.130. The van der Waals surface area contributed by atoms with Gasteiger partial charge in [-0.3, -0.25) is 0 Å². The number of hydrogen-bond acceptors (Lipinski definition) is 3. The molecule has 0 aromatic rings. The molecule has 0 aromatic heterocycles. The van der Waals surface area contributed by atoms with Crippen molar-refractivity contribution < 1.29 is 13.5 Å². The van der Waals surface area contributed by atoms with Gasteiger partial charge >= 0.3 is 0 Å². The Balaban J connectivity index is 1.87. The molecule has 0 amide bonds. The highest BCUT2D eigenvalue weighted by molar-refractivity contribution is 7.88. The zero-order valence-electron chi connectivity index (χ0n) is 11.6. The van der Waals surface area contributed by atoms with Crippen molar-refractivity contribution in [2.24, 2.45) is 17.3 Å². The molecule has 2 aliphatic rings. The standard InChI is InChI=1S/C13H25NO3S/c1-13(2)8-11(13)12(15)7-10-5-4-6-14(9-10)18(3,16)17/h10-12,15H,4-9H2,1-3H3. The molecule has 106 valence electrons. The van der Waals surface area contributed by atoms with E-state index in [1.165, 1.54) is 6.26 Å². The number of sulfonamides is 1. The molecule has 1 aliphatic carbocycles. The Morgan fingerprint density at radius 1 is 1.44 bits per heavy atom. The molecule has 1 aliphatic heterocycles. The molecule has 1 saturated heterocycles. The van der Waals surface area contributed by atoms with Crippen LogP contribution < -0.4 is 0 Å². The molecule has 0 bridgehead atoms. The van der Waals surface area contributed by atoms with Crippen molar-refractivity contribution in [3.63, 3.8) is 0 Å². The van der Waals surface area contributed by atoms with Gasteiger partial charge in [-0.1, -0.05) is 13.8 Å². The largest absolute Gasteiger partial charge is 0.393 e. The van der Waals surface area contributed by atoms with Crippen LogP contribution >= 0.6 is 0 Å². The van der Waals surface area contributed by atoms with Gasteiger partial charge in [-0.25, -0.2) is 12.7 Å². The summed E-state index contributed by atoms with van der Waals surface area (Å²) in [7, 11) is -3.07. The lowest BCUT2D eigenvalue weighted by Gasteiger charge is -2.32. The van der Waals surface area contributed by atoms with Gasteiger partial charge in [0.25, 0.3) is 0 Å². The van der Waals surface area contributed by atoms with Crippen molar-refractivity contribution in [3.05, 3.63) is 0 Å². The highest BCUT2D eigenvalue weighted by Crippen LogP contribution is 2.54. The van der Waals surface area contributed by atoms with Gasteiger partial charge in [0.2, 0.25) is 10.0 Å². The number of aliphatic hydroxyl groups is 1. The van der Waals surface area contributed by atoms with Crippen LogP contribution in [0.2, 0.25) is 0 Å². The van der Waals surface area contributed by atoms with E-state index in [2.05, 4.69) is 13.8 Å². The van der Waals surface area contributed by atoms with Gasteiger partial charge in [-0.2, -0.15) is 0 Å². The maximum atomic E-state index is 11.5. The van der Waals surface area contributed by atoms with Gasteiger partial charge in [0.1, 0.15) is 0 Å². The summed E-state index contributed by atoms with van der Waals surface area (Å²) < 4.78 is 24.6. The highest BCUT2D eigenvalue weighted by Gasteiger charge is 2.50. The van der Waals surface area contributed by atoms with Crippen LogP contribution in [0.15, 0.2) is 0 Å². The summed E-state index contributed by atoms with van der Waals surface area (Å²) in [5, 5.41) is 10.2. The summed E-state index contributed by atoms with van der Waals surface area (Å²) in [5.41, 5.74) is 0.282. The first-order valence-electron chi connectivity index (χ1n) is 6.83. The average Bonchev–Trinajstić information content (AvgIpc) is 2.87. The number of aliphatic hydroxyl groups excluding tert-OH is 1. The van der Waals surface area contributed by atoms with E-state index in [9.17, 15) is 13.5 Å². The van der Waals surface area contributed by atoms with E-state index in [4.69, 9.17) is 0 Å². The Morgan fingerprint density at radius 3 is 2.56 bits per heavy atom. The van der Waals surface area contributed by atoms with E-state index in [0.717, 1.165) is 25.7 Å². The first kappa shape index (κ1) is 14.3. The third-order valence-electron chi connectivity index (χ3n) is 4.58. The van der Waals surface area contributed by atoms with Gasteiger partial charge in [0, 0.05) is 13.1 Å². The van der Waals surface area contributed by atoms with Crippen molar-refractivity contribution in [2.75, 3.05) is 19.3 Å². The summed E-state index contributed by atoms with van der Waals surface area (Å²) in [5.74, 6) is 0.728. The van der Waals surface area contributed by atoms with Gasteiger partial charge < -0.3 is 5.11 Å². The third kappa shape index (κ3) is 3.25. The lowest BCUT2D eigenvalue weighted by atomic mass is 9.90. The molecule has 3 atom stereocenters. The van der Waals surface area contributed by atoms with Crippen LogP contribution in [0.25, 0.3) is 0 Å². The molecule has 3 unspecified atom stereocenters. The lowest BCUT2D eigenvalue weighted by Crippen LogP contribution is -2.40. The van der Waals surface area contributed by atoms with Crippen LogP contribution in [0.4, 0.5) is 0 Å². The van der Waals surface area contributed by atoms with E-state index in [-0.39, 0.29) is 11.5 Å². The molecular weight excluding hydrogens is 250 g/mol. The van der Waals surface area contributed by atoms with Gasteiger partial charge in [0.05, 0.1) is 12.4 Å². The maximum Gasteiger partial charge on any atom is 0.211 e. The van der Waals surface area contributed by atoms with Crippen molar-refractivity contribution in [1.29, 1.82) is 0 Å². The minimum atomic E-state index is -3.07. The van der Waals surface area contributed by atoms with Crippen LogP contribution in [-0.4, -0.2) is 43.3 Å². The fourth-order valence-corrected chi connectivity index (χ4v) is 4.13. The van der Waals surface area contributed by atoms with Crippen LogP contribution in [0.5, 0.6) is 0 Å². The Kier molecular flexibility index (Phi) is 3.78. The highest BCUT2D eigenvalue weighted by atomic mass is 32.2. The average molecular weight is 275 g/mol. The van der Waals surface area contributed by atoms with E-state index < -0.39 is 10.0 Å². The molecule has 1 heterocycles. The number of rotatable bonds is 4. The molecule has 0 radical (unpaired) electrons. The van der Waals surface area contributed by atoms with Crippen LogP contribution in [0.1, 0.15) is 39.5 Å². The molecule has 2 rings (SSSR count). The first-order valence-corrected chi connectivity index (χ1v) is 8.68. The summed E-state index contributed by atoms with van der Waals surface area (Å²) in [6.45, 7) is 5.60. The predicted molar refractivity (Wildman–Crippen MR) is 71.7 cm³/mol. The summed E-state index contributed by atoms with van der Waals surface area (Å²) >= 11 is 0. The lowest BCUT2D eigenvalue weighted by molar-refractivity contribution is 0.0930. The van der Waals surface area contributed by atoms with Crippen molar-refractivity contribution in [1.82, 2.24) is 4.31 Å². The van der Waals surface area contributed by atoms with Crippen LogP contribution in [-0.2, 0) is 10.0 Å². The second-order valence-corrected chi connectivity index (χ2v) is 8.71. The Morgan fingerprint density at radius 2 is 2.06 bits per heavy atom. The molecule has 2 fully saturated rings. The van der Waals surface area contributed by atoms with E-state index in [1.807, 2.05) is 0 Å². The predicted octanol–water partition coefficient (Wildman–Crippen LogP) is 1.46. The normalized spacial score (nSPS) is 34.2. The second-order valence-electron chi connectivity index (χ2n) is 6.73. The molecule has 0 aromatic carbocycles. The minimum absolute atomic E-state index is 0.260. The fraction of sp³-hybridized carbons (Fsp3) is 1.00. The van der Waals surface area contributed by atoms with Crippen molar-refractivity contribution in [2.45, 2.75) is 45.6 Å². The van der Waals surface area contributed by atoms with Crippen molar-refractivity contribution >= 4 is 10.0 Å². The van der Waals surface area contributed by atoms with Crippen LogP contribution in [0, 0.1) is 17.3 Å². The Labute approximate surface area is 110 Å². The van der Waals surface area contributed by atoms with E-state index in [0.29, 0.717) is 24.9 Å². The minimum Gasteiger partial charge on any atom is -0.393 e. The van der Waals surface area contributed by atoms with E-state index in [1.54, 1.807) is 4.31 Å². The summed E-state index contributed by atoms with van der Waals surface area (Å²) in [6.07, 6.45) is 4.81. The van der Waals surface area contributed by atoms with Crippen LogP contribution in [0.3, 0.4) is 0 Å². The second kappa shape index (κ2) is 4.76.